The van der Waals surface area contributed by atoms with Crippen LogP contribution in [0.25, 0.3) is 11.0 Å². The Morgan fingerprint density at radius 1 is 1.05 bits per heavy atom. The summed E-state index contributed by atoms with van der Waals surface area (Å²) in [5, 5.41) is 13.2. The number of piperidine rings is 1. The van der Waals surface area contributed by atoms with Crippen LogP contribution in [-0.2, 0) is 21.8 Å². The first-order valence-corrected chi connectivity index (χ1v) is 14.0. The van der Waals surface area contributed by atoms with Gasteiger partial charge in [-0.2, -0.15) is 13.2 Å². The predicted octanol–water partition coefficient (Wildman–Crippen LogP) is 5.01. The molecule has 0 spiro atoms. The first kappa shape index (κ1) is 29.2. The number of H-pyrrole nitrogens is 1. The fourth-order valence-electron chi connectivity index (χ4n) is 5.93. The quantitative estimate of drug-likeness (QED) is 0.252. The topological polar surface area (TPSA) is 128 Å². The summed E-state index contributed by atoms with van der Waals surface area (Å²) in [6.07, 6.45) is -4.97. The highest BCUT2D eigenvalue weighted by atomic mass is 19.4. The monoisotopic (exact) mass is 607 g/mol. The number of aromatic nitrogens is 2. The van der Waals surface area contributed by atoms with E-state index in [1.807, 2.05) is 0 Å². The molecule has 1 unspecified atom stereocenters. The lowest BCUT2D eigenvalue weighted by Gasteiger charge is -2.39. The molecule has 228 valence electrons. The molecule has 3 heterocycles. The summed E-state index contributed by atoms with van der Waals surface area (Å²) in [5.74, 6) is -2.93. The number of fused-ring (bicyclic) bond motifs is 2. The number of alkyl halides is 3. The van der Waals surface area contributed by atoms with E-state index in [1.165, 1.54) is 30.3 Å². The highest BCUT2D eigenvalue weighted by molar-refractivity contribution is 6.01. The van der Waals surface area contributed by atoms with Crippen molar-refractivity contribution in [2.75, 3.05) is 24.5 Å². The van der Waals surface area contributed by atoms with Gasteiger partial charge < -0.3 is 20.1 Å². The number of halogens is 3. The molecule has 4 aromatic rings. The van der Waals surface area contributed by atoms with E-state index in [-0.39, 0.29) is 47.2 Å². The van der Waals surface area contributed by atoms with Crippen LogP contribution in [0.15, 0.2) is 72.8 Å². The van der Waals surface area contributed by atoms with Gasteiger partial charge in [-0.25, -0.2) is 19.5 Å². The number of nitrogens with one attached hydrogen (secondary N) is 2. The number of esters is 1. The molecule has 1 fully saturated rings. The Bertz CT molecular complexity index is 1720. The minimum Gasteiger partial charge on any atom is -0.465 e. The number of carbonyl (C=O) groups excluding carboxylic acids is 2. The summed E-state index contributed by atoms with van der Waals surface area (Å²) in [7, 11) is 0. The van der Waals surface area contributed by atoms with Gasteiger partial charge in [-0.15, -0.1) is 0 Å². The van der Waals surface area contributed by atoms with Crippen molar-refractivity contribution < 1.29 is 37.4 Å². The van der Waals surface area contributed by atoms with Crippen molar-refractivity contribution in [2.45, 2.75) is 31.3 Å². The molecule has 0 saturated carbocycles. The Labute approximate surface area is 249 Å². The van der Waals surface area contributed by atoms with Crippen molar-refractivity contribution >= 4 is 35.0 Å². The van der Waals surface area contributed by atoms with E-state index in [4.69, 9.17) is 4.74 Å². The Morgan fingerprint density at radius 2 is 1.75 bits per heavy atom. The number of anilines is 1. The molecule has 6 rings (SSSR count). The molecule has 3 N–H and O–H groups in total. The molecule has 2 aliphatic heterocycles. The van der Waals surface area contributed by atoms with Crippen molar-refractivity contribution in [1.29, 1.82) is 0 Å². The number of benzene rings is 3. The van der Waals surface area contributed by atoms with E-state index in [9.17, 15) is 32.7 Å². The van der Waals surface area contributed by atoms with Crippen LogP contribution in [-0.4, -0.2) is 63.8 Å². The molecule has 1 aromatic heterocycles. The summed E-state index contributed by atoms with van der Waals surface area (Å²) in [6.45, 7) is 1.59. The van der Waals surface area contributed by atoms with Gasteiger partial charge in [0.15, 0.2) is 0 Å². The zero-order valence-electron chi connectivity index (χ0n) is 23.3. The second-order valence-electron chi connectivity index (χ2n) is 10.8. The summed E-state index contributed by atoms with van der Waals surface area (Å²) < 4.78 is 46.7. The van der Waals surface area contributed by atoms with Crippen LogP contribution in [0.5, 0.6) is 0 Å². The molecule has 2 amide bonds. The number of rotatable bonds is 7. The second kappa shape index (κ2) is 11.3. The average molecular weight is 608 g/mol. The molecule has 10 nitrogen and oxygen atoms in total. The third-order valence-corrected chi connectivity index (χ3v) is 8.05. The fourth-order valence-corrected chi connectivity index (χ4v) is 5.93. The van der Waals surface area contributed by atoms with Crippen molar-refractivity contribution in [1.82, 2.24) is 20.2 Å². The van der Waals surface area contributed by atoms with Gasteiger partial charge in [-0.1, -0.05) is 54.6 Å². The molecule has 3 aromatic carbocycles. The molecule has 0 aliphatic carbocycles. The largest absolute Gasteiger partial charge is 0.491 e. The van der Waals surface area contributed by atoms with Crippen molar-refractivity contribution in [2.24, 2.45) is 5.92 Å². The molecule has 0 bridgehead atoms. The number of hydrogen-bond acceptors (Lipinski definition) is 6. The fraction of sp³-hybridized carbons (Fsp3) is 0.290. The Kier molecular flexibility index (Phi) is 7.49. The first-order valence-electron chi connectivity index (χ1n) is 14.0. The van der Waals surface area contributed by atoms with Gasteiger partial charge in [0.1, 0.15) is 0 Å². The molecule has 2 aliphatic rings. The van der Waals surface area contributed by atoms with Crippen LogP contribution in [0.4, 0.5) is 23.9 Å². The van der Waals surface area contributed by atoms with E-state index in [0.29, 0.717) is 11.1 Å². The van der Waals surface area contributed by atoms with E-state index < -0.39 is 29.9 Å². The van der Waals surface area contributed by atoms with E-state index >= 15 is 0 Å². The summed E-state index contributed by atoms with van der Waals surface area (Å²) in [4.78, 5) is 48.3. The maximum atomic E-state index is 13.8. The number of carboxylic acid groups (broad SMARTS) is 1. The predicted molar refractivity (Wildman–Crippen MR) is 153 cm³/mol. The van der Waals surface area contributed by atoms with Gasteiger partial charge in [-0.3, -0.25) is 9.69 Å². The van der Waals surface area contributed by atoms with E-state index in [0.717, 1.165) is 35.7 Å². The Hall–Kier alpha value is -4.91. The normalized spacial score (nSPS) is 18.8. The van der Waals surface area contributed by atoms with Gasteiger partial charge >= 0.3 is 18.2 Å². The standard InChI is InChI=1S/C31H28F3N5O5/c32-31(33,34)27(41)44-30(23-9-5-4-8-22(23)26(40)39(30)18-19-6-2-1-3-7-19)21-10-11-24-25(16-21)37-28(36-24)38(29(42)43)17-20-12-14-35-15-13-20/h1-11,16,20,35H,12-15,17-18H2,(H,36,37)(H,42,43). The van der Waals surface area contributed by atoms with Gasteiger partial charge in [0, 0.05) is 23.2 Å². The lowest BCUT2D eigenvalue weighted by atomic mass is 9.92. The SMILES string of the molecule is O=C(O)N(CC1CCNCC1)c1nc2cc(C3(OC(=O)C(F)(F)F)c4ccccc4C(=O)N3Cc3ccccc3)ccc2[nH]1. The van der Waals surface area contributed by atoms with Gasteiger partial charge in [-0.05, 0) is 55.6 Å². The number of ether oxygens (including phenoxy) is 1. The Morgan fingerprint density at radius 3 is 2.45 bits per heavy atom. The van der Waals surface area contributed by atoms with Crippen LogP contribution < -0.4 is 10.2 Å². The number of imidazole rings is 1. The van der Waals surface area contributed by atoms with Crippen molar-refractivity contribution in [3.05, 3.63) is 95.1 Å². The van der Waals surface area contributed by atoms with E-state index in [1.54, 1.807) is 42.5 Å². The zero-order chi connectivity index (χ0) is 31.1. The van der Waals surface area contributed by atoms with Gasteiger partial charge in [0.25, 0.3) is 5.91 Å². The minimum atomic E-state index is -5.35. The highest BCUT2D eigenvalue weighted by Crippen LogP contribution is 2.47. The minimum absolute atomic E-state index is 0.0371. The third kappa shape index (κ3) is 5.23. The lowest BCUT2D eigenvalue weighted by molar-refractivity contribution is -0.222. The van der Waals surface area contributed by atoms with Crippen LogP contribution >= 0.6 is 0 Å². The zero-order valence-corrected chi connectivity index (χ0v) is 23.3. The maximum Gasteiger partial charge on any atom is 0.491 e. The van der Waals surface area contributed by atoms with Gasteiger partial charge in [0.2, 0.25) is 11.7 Å². The number of hydrogen-bond donors (Lipinski definition) is 3. The summed E-state index contributed by atoms with van der Waals surface area (Å²) >= 11 is 0. The highest BCUT2D eigenvalue weighted by Gasteiger charge is 2.57. The van der Waals surface area contributed by atoms with Crippen LogP contribution in [0.3, 0.4) is 0 Å². The van der Waals surface area contributed by atoms with Crippen LogP contribution in [0.2, 0.25) is 0 Å². The third-order valence-electron chi connectivity index (χ3n) is 8.05. The van der Waals surface area contributed by atoms with Crippen molar-refractivity contribution in [3.63, 3.8) is 0 Å². The molecular formula is C31H28F3N5O5. The van der Waals surface area contributed by atoms with Crippen LogP contribution in [0.1, 0.15) is 39.9 Å². The molecular weight excluding hydrogens is 579 g/mol. The smallest absolute Gasteiger partial charge is 0.465 e. The van der Waals surface area contributed by atoms with Crippen LogP contribution in [0, 0.1) is 5.92 Å². The maximum absolute atomic E-state index is 13.8. The number of nitrogens with zero attached hydrogens (tertiary/aromatic N) is 3. The molecule has 0 radical (unpaired) electrons. The Balaban J connectivity index is 1.49. The average Bonchev–Trinajstić information content (AvgIpc) is 3.53. The summed E-state index contributed by atoms with van der Waals surface area (Å²) in [6, 6.07) is 19.0. The first-order chi connectivity index (χ1) is 21.1. The number of aromatic amines is 1. The van der Waals surface area contributed by atoms with Gasteiger partial charge in [0.05, 0.1) is 17.6 Å². The number of amides is 2. The molecule has 44 heavy (non-hydrogen) atoms. The second-order valence-corrected chi connectivity index (χ2v) is 10.8. The summed E-state index contributed by atoms with van der Waals surface area (Å²) in [5.41, 5.74) is -0.899. The van der Waals surface area contributed by atoms with Crippen molar-refractivity contribution in [3.8, 4) is 0 Å². The molecule has 1 saturated heterocycles. The molecule has 1 atom stereocenters. The number of carbonyl (C=O) groups is 3. The lowest BCUT2D eigenvalue weighted by Crippen LogP contribution is -2.49. The molecule has 13 heteroatoms. The van der Waals surface area contributed by atoms with E-state index in [2.05, 4.69) is 15.3 Å².